The molecule has 4 rings (SSSR count). The number of hydrogen-bond acceptors (Lipinski definition) is 6. The molecule has 28 heavy (non-hydrogen) atoms. The summed E-state index contributed by atoms with van der Waals surface area (Å²) in [5, 5.41) is 13.3. The topological polar surface area (TPSA) is 118 Å². The lowest BCUT2D eigenvalue weighted by Crippen LogP contribution is -2.22. The molecule has 0 unspecified atom stereocenters. The van der Waals surface area contributed by atoms with Gasteiger partial charge in [-0.1, -0.05) is 35.5 Å². The molecule has 138 valence electrons. The largest absolute Gasteiger partial charge is 0.339 e. The lowest BCUT2D eigenvalue weighted by atomic mass is 10.1. The maximum Gasteiger partial charge on any atom is 0.266 e. The lowest BCUT2D eigenvalue weighted by molar-refractivity contribution is 0.367. The molecule has 0 fully saturated rings. The summed E-state index contributed by atoms with van der Waals surface area (Å²) >= 11 is 0. The van der Waals surface area contributed by atoms with E-state index in [1.54, 1.807) is 18.3 Å². The van der Waals surface area contributed by atoms with E-state index in [1.807, 2.05) is 30.3 Å². The molecule has 1 N–H and O–H groups in total. The van der Waals surface area contributed by atoms with Crippen molar-refractivity contribution in [1.82, 2.24) is 19.7 Å². The van der Waals surface area contributed by atoms with Crippen molar-refractivity contribution in [2.75, 3.05) is 0 Å². The fourth-order valence-corrected chi connectivity index (χ4v) is 2.96. The molecule has 0 amide bonds. The number of nitriles is 1. The second kappa shape index (κ2) is 7.32. The number of benzene rings is 1. The van der Waals surface area contributed by atoms with E-state index < -0.39 is 5.56 Å². The Balaban J connectivity index is 1.52. The summed E-state index contributed by atoms with van der Waals surface area (Å²) in [4.78, 5) is 31.2. The van der Waals surface area contributed by atoms with E-state index >= 15 is 0 Å². The number of aromatic nitrogens is 4. The van der Waals surface area contributed by atoms with Crippen LogP contribution in [0.2, 0.25) is 0 Å². The number of hydrogen-bond donors (Lipinski definition) is 1. The van der Waals surface area contributed by atoms with Crippen molar-refractivity contribution in [2.24, 2.45) is 0 Å². The standard InChI is InChI=1S/C20H15N5O3/c21-12-14-11-15-16(22-19(14)26)6-8-25(20(15)27)9-7-18-23-17(24-28-18)10-13-4-2-1-3-5-13/h1-6,8,11H,7,9-10H2,(H,22,26). The van der Waals surface area contributed by atoms with Crippen LogP contribution in [0.5, 0.6) is 0 Å². The van der Waals surface area contributed by atoms with E-state index in [4.69, 9.17) is 9.78 Å². The quantitative estimate of drug-likeness (QED) is 0.570. The molecule has 0 saturated heterocycles. The van der Waals surface area contributed by atoms with Crippen molar-refractivity contribution >= 4 is 10.9 Å². The minimum absolute atomic E-state index is 0.0928. The van der Waals surface area contributed by atoms with Gasteiger partial charge in [0.1, 0.15) is 11.6 Å². The van der Waals surface area contributed by atoms with Gasteiger partial charge in [0, 0.05) is 25.6 Å². The van der Waals surface area contributed by atoms with Crippen LogP contribution >= 0.6 is 0 Å². The van der Waals surface area contributed by atoms with E-state index in [0.717, 1.165) is 5.56 Å². The summed E-state index contributed by atoms with van der Waals surface area (Å²) in [6.07, 6.45) is 2.56. The first-order valence-corrected chi connectivity index (χ1v) is 8.66. The van der Waals surface area contributed by atoms with E-state index in [0.29, 0.717) is 36.6 Å². The number of nitrogens with one attached hydrogen (secondary N) is 1. The number of pyridine rings is 2. The molecule has 0 bridgehead atoms. The van der Waals surface area contributed by atoms with Crippen LogP contribution < -0.4 is 11.1 Å². The van der Waals surface area contributed by atoms with Gasteiger partial charge in [0.15, 0.2) is 5.82 Å². The predicted octanol–water partition coefficient (Wildman–Crippen LogP) is 1.78. The molecule has 3 aromatic heterocycles. The molecular formula is C20H15N5O3. The van der Waals surface area contributed by atoms with Crippen LogP contribution in [-0.2, 0) is 19.4 Å². The van der Waals surface area contributed by atoms with Gasteiger partial charge in [-0.2, -0.15) is 10.2 Å². The molecule has 3 heterocycles. The Morgan fingerprint density at radius 2 is 2.00 bits per heavy atom. The van der Waals surface area contributed by atoms with Gasteiger partial charge in [-0.05, 0) is 17.7 Å². The first kappa shape index (κ1) is 17.4. The van der Waals surface area contributed by atoms with Crippen molar-refractivity contribution in [3.8, 4) is 6.07 Å². The Labute approximate surface area is 158 Å². The summed E-state index contributed by atoms with van der Waals surface area (Å²) < 4.78 is 6.76. The summed E-state index contributed by atoms with van der Waals surface area (Å²) in [7, 11) is 0. The molecule has 0 saturated carbocycles. The Morgan fingerprint density at radius 1 is 1.18 bits per heavy atom. The first-order chi connectivity index (χ1) is 13.6. The maximum absolute atomic E-state index is 12.6. The van der Waals surface area contributed by atoms with Crippen LogP contribution in [0.15, 0.2) is 62.8 Å². The number of nitrogens with zero attached hydrogens (tertiary/aromatic N) is 4. The molecular weight excluding hydrogens is 358 g/mol. The molecule has 8 nitrogen and oxygen atoms in total. The Hall–Kier alpha value is -3.99. The second-order valence-corrected chi connectivity index (χ2v) is 6.28. The maximum atomic E-state index is 12.6. The van der Waals surface area contributed by atoms with Gasteiger partial charge in [0.05, 0.1) is 10.9 Å². The highest BCUT2D eigenvalue weighted by molar-refractivity contribution is 5.78. The van der Waals surface area contributed by atoms with Gasteiger partial charge in [-0.3, -0.25) is 9.59 Å². The Kier molecular flexibility index (Phi) is 4.56. The van der Waals surface area contributed by atoms with E-state index in [2.05, 4.69) is 15.1 Å². The van der Waals surface area contributed by atoms with Gasteiger partial charge >= 0.3 is 0 Å². The number of aryl methyl sites for hydroxylation is 2. The minimum atomic E-state index is -0.510. The number of aromatic amines is 1. The van der Waals surface area contributed by atoms with Crippen LogP contribution in [-0.4, -0.2) is 19.7 Å². The molecule has 0 aliphatic carbocycles. The monoisotopic (exact) mass is 373 g/mol. The predicted molar refractivity (Wildman–Crippen MR) is 101 cm³/mol. The van der Waals surface area contributed by atoms with Crippen LogP contribution in [0, 0.1) is 11.3 Å². The van der Waals surface area contributed by atoms with Crippen LogP contribution in [0.25, 0.3) is 10.9 Å². The van der Waals surface area contributed by atoms with Crippen molar-refractivity contribution < 1.29 is 4.52 Å². The van der Waals surface area contributed by atoms with Gasteiger partial charge < -0.3 is 14.1 Å². The average molecular weight is 373 g/mol. The van der Waals surface area contributed by atoms with E-state index in [9.17, 15) is 9.59 Å². The summed E-state index contributed by atoms with van der Waals surface area (Å²) in [6.45, 7) is 0.336. The number of rotatable bonds is 5. The van der Waals surface area contributed by atoms with Crippen LogP contribution in [0.4, 0.5) is 0 Å². The normalized spacial score (nSPS) is 10.8. The number of fused-ring (bicyclic) bond motifs is 1. The minimum Gasteiger partial charge on any atom is -0.339 e. The van der Waals surface area contributed by atoms with Crippen molar-refractivity contribution in [3.05, 3.63) is 92.2 Å². The molecule has 4 aromatic rings. The molecule has 0 aliphatic heterocycles. The Bertz CT molecular complexity index is 1300. The lowest BCUT2D eigenvalue weighted by Gasteiger charge is -2.05. The fourth-order valence-electron chi connectivity index (χ4n) is 2.96. The molecule has 0 radical (unpaired) electrons. The molecule has 8 heteroatoms. The molecule has 0 atom stereocenters. The van der Waals surface area contributed by atoms with E-state index in [-0.39, 0.29) is 16.5 Å². The molecule has 0 aliphatic rings. The van der Waals surface area contributed by atoms with Gasteiger partial charge in [0.2, 0.25) is 5.89 Å². The van der Waals surface area contributed by atoms with Crippen molar-refractivity contribution in [2.45, 2.75) is 19.4 Å². The molecule has 0 spiro atoms. The van der Waals surface area contributed by atoms with Crippen molar-refractivity contribution in [3.63, 3.8) is 0 Å². The second-order valence-electron chi connectivity index (χ2n) is 6.28. The highest BCUT2D eigenvalue weighted by Crippen LogP contribution is 2.09. The molecule has 1 aromatic carbocycles. The summed E-state index contributed by atoms with van der Waals surface area (Å²) in [5.74, 6) is 1.03. The smallest absolute Gasteiger partial charge is 0.266 e. The fraction of sp³-hybridized carbons (Fsp3) is 0.150. The first-order valence-electron chi connectivity index (χ1n) is 8.66. The van der Waals surface area contributed by atoms with Crippen LogP contribution in [0.3, 0.4) is 0 Å². The summed E-state index contributed by atoms with van der Waals surface area (Å²) in [6, 6.07) is 14.6. The highest BCUT2D eigenvalue weighted by atomic mass is 16.5. The van der Waals surface area contributed by atoms with E-state index in [1.165, 1.54) is 10.6 Å². The average Bonchev–Trinajstić information content (AvgIpc) is 3.15. The van der Waals surface area contributed by atoms with Crippen molar-refractivity contribution in [1.29, 1.82) is 5.26 Å². The van der Waals surface area contributed by atoms with Crippen LogP contribution in [0.1, 0.15) is 22.8 Å². The third kappa shape index (κ3) is 3.46. The highest BCUT2D eigenvalue weighted by Gasteiger charge is 2.10. The number of H-pyrrole nitrogens is 1. The zero-order valence-electron chi connectivity index (χ0n) is 14.8. The van der Waals surface area contributed by atoms with Gasteiger partial charge in [-0.25, -0.2) is 0 Å². The summed E-state index contributed by atoms with van der Waals surface area (Å²) in [5.41, 5.74) is 0.583. The van der Waals surface area contributed by atoms with Gasteiger partial charge in [-0.15, -0.1) is 0 Å². The zero-order valence-corrected chi connectivity index (χ0v) is 14.8. The SMILES string of the molecule is N#Cc1cc2c(=O)n(CCc3nc(Cc4ccccc4)no3)ccc2[nH]c1=O. The third-order valence-electron chi connectivity index (χ3n) is 4.39. The van der Waals surface area contributed by atoms with Gasteiger partial charge in [0.25, 0.3) is 11.1 Å². The third-order valence-corrected chi connectivity index (χ3v) is 4.39. The Morgan fingerprint density at radius 3 is 2.79 bits per heavy atom. The zero-order chi connectivity index (χ0) is 19.5.